The van der Waals surface area contributed by atoms with Crippen LogP contribution >= 0.6 is 15.9 Å². The highest BCUT2D eigenvalue weighted by Gasteiger charge is 2.17. The Balaban J connectivity index is 2.05. The Bertz CT molecular complexity index is 699. The maximum atomic E-state index is 12.8. The standard InChI is InChI=1S/C15H15BrFNO2S/c1-11(10-12-2-6-14(17)7-3-12)18-21(19,20)15-8-4-13(16)5-9-15/h2-9,11,18H,10H2,1H3. The molecule has 0 bridgehead atoms. The molecule has 2 aromatic rings. The van der Waals surface area contributed by atoms with E-state index in [1.165, 1.54) is 24.3 Å². The third kappa shape index (κ3) is 4.62. The monoisotopic (exact) mass is 371 g/mol. The Hall–Kier alpha value is -1.24. The molecule has 2 rings (SSSR count). The lowest BCUT2D eigenvalue weighted by Gasteiger charge is -2.14. The molecule has 1 atom stereocenters. The van der Waals surface area contributed by atoms with E-state index in [1.807, 2.05) is 0 Å². The zero-order valence-corrected chi connectivity index (χ0v) is 13.8. The molecule has 0 aliphatic carbocycles. The summed E-state index contributed by atoms with van der Waals surface area (Å²) in [5.74, 6) is -0.304. The second-order valence-electron chi connectivity index (χ2n) is 4.81. The number of rotatable bonds is 5. The molecule has 2 aromatic carbocycles. The van der Waals surface area contributed by atoms with E-state index in [0.717, 1.165) is 10.0 Å². The van der Waals surface area contributed by atoms with Gasteiger partial charge in [-0.25, -0.2) is 17.5 Å². The predicted octanol–water partition coefficient (Wildman–Crippen LogP) is 3.50. The Kier molecular flexibility index (Phi) is 5.13. The van der Waals surface area contributed by atoms with E-state index in [-0.39, 0.29) is 16.8 Å². The molecule has 1 N–H and O–H groups in total. The molecule has 0 fully saturated rings. The number of halogens is 2. The predicted molar refractivity (Wildman–Crippen MR) is 84.0 cm³/mol. The quantitative estimate of drug-likeness (QED) is 0.873. The van der Waals surface area contributed by atoms with Gasteiger partial charge in [-0.15, -0.1) is 0 Å². The van der Waals surface area contributed by atoms with Crippen LogP contribution in [-0.2, 0) is 16.4 Å². The molecule has 0 saturated carbocycles. The first kappa shape index (κ1) is 16.1. The molecule has 0 aromatic heterocycles. The van der Waals surface area contributed by atoms with Gasteiger partial charge in [0.2, 0.25) is 10.0 Å². The first-order valence-corrected chi connectivity index (χ1v) is 8.67. The van der Waals surface area contributed by atoms with E-state index in [0.29, 0.717) is 6.42 Å². The molecule has 0 amide bonds. The van der Waals surface area contributed by atoms with Gasteiger partial charge in [0.05, 0.1) is 4.90 Å². The van der Waals surface area contributed by atoms with E-state index in [2.05, 4.69) is 20.7 Å². The first-order valence-electron chi connectivity index (χ1n) is 6.39. The van der Waals surface area contributed by atoms with Crippen molar-refractivity contribution in [3.05, 3.63) is 64.4 Å². The smallest absolute Gasteiger partial charge is 0.208 e. The van der Waals surface area contributed by atoms with Crippen LogP contribution in [0.1, 0.15) is 12.5 Å². The van der Waals surface area contributed by atoms with Crippen molar-refractivity contribution in [2.24, 2.45) is 0 Å². The van der Waals surface area contributed by atoms with Crippen LogP contribution in [0.3, 0.4) is 0 Å². The Labute approximate surface area is 132 Å². The molecule has 0 heterocycles. The van der Waals surface area contributed by atoms with Gasteiger partial charge in [0.1, 0.15) is 5.82 Å². The third-order valence-electron chi connectivity index (χ3n) is 2.94. The average molecular weight is 372 g/mol. The van der Waals surface area contributed by atoms with Gasteiger partial charge in [0, 0.05) is 10.5 Å². The summed E-state index contributed by atoms with van der Waals surface area (Å²) in [7, 11) is -3.55. The Morgan fingerprint density at radius 2 is 1.67 bits per heavy atom. The fourth-order valence-electron chi connectivity index (χ4n) is 1.96. The molecule has 0 aliphatic heterocycles. The largest absolute Gasteiger partial charge is 0.240 e. The number of hydrogen-bond acceptors (Lipinski definition) is 2. The summed E-state index contributed by atoms with van der Waals surface area (Å²) in [5, 5.41) is 0. The molecule has 0 spiro atoms. The fraction of sp³-hybridized carbons (Fsp3) is 0.200. The van der Waals surface area contributed by atoms with Crippen LogP contribution in [0.5, 0.6) is 0 Å². The van der Waals surface area contributed by atoms with Crippen LogP contribution in [0.15, 0.2) is 57.9 Å². The number of benzene rings is 2. The topological polar surface area (TPSA) is 46.2 Å². The van der Waals surface area contributed by atoms with Gasteiger partial charge < -0.3 is 0 Å². The second-order valence-corrected chi connectivity index (χ2v) is 7.44. The van der Waals surface area contributed by atoms with E-state index >= 15 is 0 Å². The van der Waals surface area contributed by atoms with Crippen molar-refractivity contribution in [1.82, 2.24) is 4.72 Å². The Morgan fingerprint density at radius 3 is 2.24 bits per heavy atom. The number of hydrogen-bond donors (Lipinski definition) is 1. The molecule has 0 aliphatic rings. The minimum atomic E-state index is -3.55. The molecule has 112 valence electrons. The number of sulfonamides is 1. The maximum absolute atomic E-state index is 12.8. The molecule has 0 radical (unpaired) electrons. The van der Waals surface area contributed by atoms with Crippen LogP contribution in [0.2, 0.25) is 0 Å². The van der Waals surface area contributed by atoms with Crippen molar-refractivity contribution in [1.29, 1.82) is 0 Å². The van der Waals surface area contributed by atoms with Crippen molar-refractivity contribution in [3.63, 3.8) is 0 Å². The zero-order chi connectivity index (χ0) is 15.5. The summed E-state index contributed by atoms with van der Waals surface area (Å²) in [6, 6.07) is 12.2. The van der Waals surface area contributed by atoms with Crippen molar-refractivity contribution in [2.45, 2.75) is 24.3 Å². The normalized spacial score (nSPS) is 13.1. The molecule has 3 nitrogen and oxygen atoms in total. The summed E-state index contributed by atoms with van der Waals surface area (Å²) >= 11 is 3.27. The van der Waals surface area contributed by atoms with Crippen molar-refractivity contribution < 1.29 is 12.8 Å². The highest BCUT2D eigenvalue weighted by molar-refractivity contribution is 9.10. The number of nitrogens with one attached hydrogen (secondary N) is 1. The summed E-state index contributed by atoms with van der Waals surface area (Å²) in [4.78, 5) is 0.219. The lowest BCUT2D eigenvalue weighted by atomic mass is 10.1. The second kappa shape index (κ2) is 6.68. The SMILES string of the molecule is CC(Cc1ccc(F)cc1)NS(=O)(=O)c1ccc(Br)cc1. The third-order valence-corrected chi connectivity index (χ3v) is 5.07. The summed E-state index contributed by atoms with van der Waals surface area (Å²) < 4.78 is 40.7. The summed E-state index contributed by atoms with van der Waals surface area (Å²) in [6.45, 7) is 1.78. The van der Waals surface area contributed by atoms with Crippen LogP contribution in [-0.4, -0.2) is 14.5 Å². The van der Waals surface area contributed by atoms with Gasteiger partial charge >= 0.3 is 0 Å². The summed E-state index contributed by atoms with van der Waals surface area (Å²) in [6.07, 6.45) is 0.496. The van der Waals surface area contributed by atoms with Gasteiger partial charge in [-0.05, 0) is 55.3 Å². The van der Waals surface area contributed by atoms with Crippen LogP contribution in [0.25, 0.3) is 0 Å². The molecule has 21 heavy (non-hydrogen) atoms. The molecular weight excluding hydrogens is 357 g/mol. The van der Waals surface area contributed by atoms with Crippen molar-refractivity contribution in [2.75, 3.05) is 0 Å². The first-order chi connectivity index (χ1) is 9.87. The lowest BCUT2D eigenvalue weighted by Crippen LogP contribution is -2.34. The van der Waals surface area contributed by atoms with E-state index < -0.39 is 10.0 Å². The van der Waals surface area contributed by atoms with Gasteiger partial charge in [-0.1, -0.05) is 28.1 Å². The molecule has 0 saturated heterocycles. The maximum Gasteiger partial charge on any atom is 0.240 e. The fourth-order valence-corrected chi connectivity index (χ4v) is 3.47. The van der Waals surface area contributed by atoms with Gasteiger partial charge in [-0.3, -0.25) is 0 Å². The lowest BCUT2D eigenvalue weighted by molar-refractivity contribution is 0.559. The molecular formula is C15H15BrFNO2S. The summed E-state index contributed by atoms with van der Waals surface area (Å²) in [5.41, 5.74) is 0.877. The highest BCUT2D eigenvalue weighted by atomic mass is 79.9. The van der Waals surface area contributed by atoms with Gasteiger partial charge in [0.15, 0.2) is 0 Å². The van der Waals surface area contributed by atoms with E-state index in [9.17, 15) is 12.8 Å². The minimum Gasteiger partial charge on any atom is -0.208 e. The zero-order valence-electron chi connectivity index (χ0n) is 11.4. The van der Waals surface area contributed by atoms with Crippen LogP contribution < -0.4 is 4.72 Å². The minimum absolute atomic E-state index is 0.219. The average Bonchev–Trinajstić information content (AvgIpc) is 2.41. The Morgan fingerprint density at radius 1 is 1.10 bits per heavy atom. The van der Waals surface area contributed by atoms with Crippen LogP contribution in [0.4, 0.5) is 4.39 Å². The molecule has 1 unspecified atom stereocenters. The van der Waals surface area contributed by atoms with E-state index in [1.54, 1.807) is 31.2 Å². The molecule has 6 heteroatoms. The van der Waals surface area contributed by atoms with Crippen molar-refractivity contribution in [3.8, 4) is 0 Å². The van der Waals surface area contributed by atoms with Gasteiger partial charge in [0.25, 0.3) is 0 Å². The highest BCUT2D eigenvalue weighted by Crippen LogP contribution is 2.15. The van der Waals surface area contributed by atoms with Gasteiger partial charge in [-0.2, -0.15) is 0 Å². The van der Waals surface area contributed by atoms with Crippen LogP contribution in [0, 0.1) is 5.82 Å². The van der Waals surface area contributed by atoms with E-state index in [4.69, 9.17) is 0 Å². The van der Waals surface area contributed by atoms with Crippen molar-refractivity contribution >= 4 is 26.0 Å².